The van der Waals surface area contributed by atoms with Gasteiger partial charge >= 0.3 is 18.4 Å². The minimum atomic E-state index is -4.97. The number of hydrogen-bond donors (Lipinski definition) is 2. The molecule has 2 N–H and O–H groups in total. The molecule has 2 aromatic carbocycles. The maximum absolute atomic E-state index is 13.4. The molecule has 0 saturated carbocycles. The van der Waals surface area contributed by atoms with Crippen molar-refractivity contribution in [1.82, 2.24) is 15.5 Å². The Balaban J connectivity index is 1.58. The maximum Gasteiger partial charge on any atom is 0.416 e. The number of carbonyl (C=O) groups is 2. The average molecular weight is 558 g/mol. The highest BCUT2D eigenvalue weighted by Crippen LogP contribution is 2.40. The highest BCUT2D eigenvalue weighted by molar-refractivity contribution is 6.07. The van der Waals surface area contributed by atoms with Crippen LogP contribution in [0.25, 0.3) is 0 Å². The first kappa shape index (κ1) is 28.9. The van der Waals surface area contributed by atoms with Gasteiger partial charge in [-0.05, 0) is 55.5 Å². The van der Waals surface area contributed by atoms with E-state index in [0.29, 0.717) is 25.0 Å². The van der Waals surface area contributed by atoms with Crippen molar-refractivity contribution in [3.8, 4) is 0 Å². The summed E-state index contributed by atoms with van der Waals surface area (Å²) in [5.41, 5.74) is -4.36. The monoisotopic (exact) mass is 557 g/mol. The molecule has 0 unspecified atom stereocenters. The molecule has 212 valence electrons. The lowest BCUT2D eigenvalue weighted by Gasteiger charge is -2.45. The second-order valence-electron chi connectivity index (χ2n) is 10.1. The topological polar surface area (TPSA) is 70.7 Å². The summed E-state index contributed by atoms with van der Waals surface area (Å²) in [4.78, 5) is 26.7. The van der Waals surface area contributed by atoms with Crippen LogP contribution >= 0.6 is 0 Å². The summed E-state index contributed by atoms with van der Waals surface area (Å²) in [5, 5.41) is 6.12. The first-order valence-electron chi connectivity index (χ1n) is 12.6. The van der Waals surface area contributed by atoms with Crippen LogP contribution < -0.4 is 10.6 Å². The van der Waals surface area contributed by atoms with Crippen LogP contribution in [0, 0.1) is 0 Å². The van der Waals surface area contributed by atoms with Gasteiger partial charge in [-0.1, -0.05) is 37.3 Å². The number of alkyl halides is 6. The van der Waals surface area contributed by atoms with Crippen molar-refractivity contribution >= 4 is 11.9 Å². The van der Waals surface area contributed by atoms with E-state index in [1.54, 1.807) is 18.2 Å². The second-order valence-corrected chi connectivity index (χ2v) is 10.1. The Hall–Kier alpha value is -3.12. The van der Waals surface area contributed by atoms with Crippen LogP contribution in [0.3, 0.4) is 0 Å². The Bertz CT molecular complexity index is 1180. The van der Waals surface area contributed by atoms with Gasteiger partial charge < -0.3 is 15.4 Å². The molecule has 3 amide bonds. The van der Waals surface area contributed by atoms with E-state index < -0.39 is 46.7 Å². The standard InChI is InChI=1S/C27H29F6N3O3/c1-3-11-36-22(37)24(35-23(36)38)9-10-25(34-15-24,19-7-5-4-6-8-19)16-39-17(2)18-12-20(26(28,29)30)14-21(13-18)27(31,32)33/h4-8,12-14,17,34H,3,9-11,15-16H2,1-2H3,(H,35,38)/t17-,24+,25-/m1/s1. The van der Waals surface area contributed by atoms with Crippen LogP contribution in [-0.4, -0.2) is 42.1 Å². The highest BCUT2D eigenvalue weighted by atomic mass is 19.4. The van der Waals surface area contributed by atoms with Crippen molar-refractivity contribution in [1.29, 1.82) is 0 Å². The fraction of sp³-hybridized carbons (Fsp3) is 0.481. The van der Waals surface area contributed by atoms with Gasteiger partial charge in [0.1, 0.15) is 5.54 Å². The van der Waals surface area contributed by atoms with E-state index in [1.165, 1.54) is 11.8 Å². The van der Waals surface area contributed by atoms with Gasteiger partial charge in [-0.2, -0.15) is 26.3 Å². The third-order valence-corrected chi connectivity index (χ3v) is 7.39. The predicted octanol–water partition coefficient (Wildman–Crippen LogP) is 5.78. The van der Waals surface area contributed by atoms with Gasteiger partial charge in [0.25, 0.3) is 5.91 Å². The number of benzene rings is 2. The van der Waals surface area contributed by atoms with Gasteiger partial charge in [-0.3, -0.25) is 9.69 Å². The average Bonchev–Trinajstić information content (AvgIpc) is 3.12. The van der Waals surface area contributed by atoms with Gasteiger partial charge in [-0.15, -0.1) is 0 Å². The summed E-state index contributed by atoms with van der Waals surface area (Å²) in [6, 6.07) is 9.97. The van der Waals surface area contributed by atoms with E-state index in [2.05, 4.69) is 10.6 Å². The molecule has 3 atom stereocenters. The lowest BCUT2D eigenvalue weighted by molar-refractivity contribution is -0.143. The molecule has 2 aliphatic heterocycles. The Morgan fingerprint density at radius 2 is 1.59 bits per heavy atom. The number of piperidine rings is 1. The summed E-state index contributed by atoms with van der Waals surface area (Å²) in [7, 11) is 0. The number of nitrogens with one attached hydrogen (secondary N) is 2. The van der Waals surface area contributed by atoms with E-state index in [0.717, 1.165) is 5.56 Å². The Morgan fingerprint density at radius 1 is 0.974 bits per heavy atom. The predicted molar refractivity (Wildman–Crippen MR) is 129 cm³/mol. The third-order valence-electron chi connectivity index (χ3n) is 7.39. The number of urea groups is 1. The van der Waals surface area contributed by atoms with Crippen molar-refractivity contribution in [2.75, 3.05) is 19.7 Å². The zero-order chi connectivity index (χ0) is 28.6. The molecular formula is C27H29F6N3O3. The highest BCUT2D eigenvalue weighted by Gasteiger charge is 2.55. The number of imide groups is 1. The van der Waals surface area contributed by atoms with E-state index >= 15 is 0 Å². The quantitative estimate of drug-likeness (QED) is 0.335. The minimum absolute atomic E-state index is 0.0756. The van der Waals surface area contributed by atoms with Crippen molar-refractivity contribution in [2.24, 2.45) is 0 Å². The first-order chi connectivity index (χ1) is 18.2. The normalized spacial score (nSPS) is 24.8. The Kier molecular flexibility index (Phi) is 7.74. The maximum atomic E-state index is 13.4. The van der Waals surface area contributed by atoms with Gasteiger partial charge in [0.2, 0.25) is 0 Å². The summed E-state index contributed by atoms with van der Waals surface area (Å²) in [5.74, 6) is -0.332. The second kappa shape index (κ2) is 10.5. The molecule has 39 heavy (non-hydrogen) atoms. The van der Waals surface area contributed by atoms with Gasteiger partial charge in [0.05, 0.1) is 29.4 Å². The number of rotatable bonds is 7. The fourth-order valence-electron chi connectivity index (χ4n) is 5.10. The van der Waals surface area contributed by atoms with Crippen LogP contribution in [0.15, 0.2) is 48.5 Å². The van der Waals surface area contributed by atoms with Crippen LogP contribution in [0.5, 0.6) is 0 Å². The van der Waals surface area contributed by atoms with Gasteiger partial charge in [-0.25, -0.2) is 4.79 Å². The molecule has 2 fully saturated rings. The molecule has 2 heterocycles. The fourth-order valence-corrected chi connectivity index (χ4v) is 5.10. The van der Waals surface area contributed by atoms with Crippen molar-refractivity contribution in [3.63, 3.8) is 0 Å². The smallest absolute Gasteiger partial charge is 0.372 e. The summed E-state index contributed by atoms with van der Waals surface area (Å²) in [6.07, 6.45) is -9.87. The number of halogens is 6. The number of ether oxygens (including phenoxy) is 1. The third kappa shape index (κ3) is 5.76. The van der Waals surface area contributed by atoms with Gasteiger partial charge in [0, 0.05) is 13.1 Å². The molecule has 0 bridgehead atoms. The number of amides is 3. The molecule has 4 rings (SSSR count). The van der Waals surface area contributed by atoms with Crippen LogP contribution in [-0.2, 0) is 27.4 Å². The lowest BCUT2D eigenvalue weighted by Crippen LogP contribution is -2.64. The number of nitrogens with zero attached hydrogens (tertiary/aromatic N) is 1. The SMILES string of the molecule is CCCN1C(=O)N[C@]2(CC[C@@](CO[C@H](C)c3cc(C(F)(F)F)cc(C(F)(F)F)c3)(c3ccccc3)NC2)C1=O. The Morgan fingerprint density at radius 3 is 2.10 bits per heavy atom. The van der Waals surface area contributed by atoms with Crippen LogP contribution in [0.2, 0.25) is 0 Å². The van der Waals surface area contributed by atoms with E-state index in [1.807, 2.05) is 19.1 Å². The molecule has 0 aliphatic carbocycles. The van der Waals surface area contributed by atoms with Crippen LogP contribution in [0.1, 0.15) is 61.5 Å². The zero-order valence-electron chi connectivity index (χ0n) is 21.4. The minimum Gasteiger partial charge on any atom is -0.372 e. The molecular weight excluding hydrogens is 528 g/mol. The molecule has 12 heteroatoms. The molecule has 2 aliphatic rings. The van der Waals surface area contributed by atoms with Gasteiger partial charge in [0.15, 0.2) is 0 Å². The summed E-state index contributed by atoms with van der Waals surface area (Å²) < 4.78 is 86.1. The largest absolute Gasteiger partial charge is 0.416 e. The van der Waals surface area contributed by atoms with Crippen molar-refractivity contribution in [2.45, 2.75) is 62.6 Å². The molecule has 6 nitrogen and oxygen atoms in total. The summed E-state index contributed by atoms with van der Waals surface area (Å²) in [6.45, 7) is 3.50. The molecule has 2 aromatic rings. The first-order valence-corrected chi connectivity index (χ1v) is 12.6. The molecule has 0 aromatic heterocycles. The Labute approximate surface area is 221 Å². The van der Waals surface area contributed by atoms with Crippen molar-refractivity contribution in [3.05, 3.63) is 70.8 Å². The van der Waals surface area contributed by atoms with E-state index in [9.17, 15) is 35.9 Å². The van der Waals surface area contributed by atoms with E-state index in [-0.39, 0.29) is 43.7 Å². The summed E-state index contributed by atoms with van der Waals surface area (Å²) >= 11 is 0. The molecule has 0 radical (unpaired) electrons. The van der Waals surface area contributed by atoms with E-state index in [4.69, 9.17) is 4.74 Å². The molecule has 2 saturated heterocycles. The zero-order valence-corrected chi connectivity index (χ0v) is 21.4. The van der Waals surface area contributed by atoms with Crippen molar-refractivity contribution < 1.29 is 40.7 Å². The number of hydrogen-bond acceptors (Lipinski definition) is 4. The molecule has 1 spiro atoms. The lowest BCUT2D eigenvalue weighted by atomic mass is 9.76. The van der Waals surface area contributed by atoms with Crippen LogP contribution in [0.4, 0.5) is 31.1 Å². The number of carbonyl (C=O) groups excluding carboxylic acids is 2.